The minimum atomic E-state index is 0.0113. The number of anilines is 1. The van der Waals surface area contributed by atoms with Crippen molar-refractivity contribution in [3.05, 3.63) is 40.9 Å². The lowest BCUT2D eigenvalue weighted by atomic mass is 10.1. The molecule has 0 spiro atoms. The maximum absolute atomic E-state index is 12.3. The van der Waals surface area contributed by atoms with Crippen molar-refractivity contribution in [3.8, 4) is 0 Å². The molecule has 0 bridgehead atoms. The van der Waals surface area contributed by atoms with Crippen LogP contribution in [0.5, 0.6) is 0 Å². The molecule has 1 fully saturated rings. The molecule has 0 aromatic heterocycles. The Morgan fingerprint density at radius 3 is 2.45 bits per heavy atom. The Bertz CT molecular complexity index is 635. The first-order valence-corrected chi connectivity index (χ1v) is 7.78. The van der Waals surface area contributed by atoms with Crippen LogP contribution in [-0.2, 0) is 0 Å². The molecule has 2 aromatic rings. The summed E-state index contributed by atoms with van der Waals surface area (Å²) in [5, 5.41) is 5.23. The molecule has 3 nitrogen and oxygen atoms in total. The molecule has 2 amide bonds. The van der Waals surface area contributed by atoms with Gasteiger partial charge in [0, 0.05) is 22.9 Å². The number of halogens is 1. The van der Waals surface area contributed by atoms with Crippen molar-refractivity contribution in [2.75, 3.05) is 18.4 Å². The van der Waals surface area contributed by atoms with Crippen LogP contribution in [-0.4, -0.2) is 24.0 Å². The number of amides is 2. The van der Waals surface area contributed by atoms with Crippen molar-refractivity contribution in [1.82, 2.24) is 4.90 Å². The number of nitrogens with zero attached hydrogens (tertiary/aromatic N) is 1. The molecule has 0 radical (unpaired) electrons. The third-order valence-electron chi connectivity index (χ3n) is 3.76. The van der Waals surface area contributed by atoms with Crippen LogP contribution >= 0.6 is 15.9 Å². The molecule has 1 heterocycles. The SMILES string of the molecule is O=C(Nc1ccc(Br)c2ccccc12)N1CCCCC1. The topological polar surface area (TPSA) is 32.3 Å². The predicted octanol–water partition coefficient (Wildman–Crippen LogP) is 4.62. The zero-order valence-electron chi connectivity index (χ0n) is 11.2. The summed E-state index contributed by atoms with van der Waals surface area (Å²) in [7, 11) is 0. The van der Waals surface area contributed by atoms with Crippen molar-refractivity contribution in [3.63, 3.8) is 0 Å². The van der Waals surface area contributed by atoms with E-state index >= 15 is 0 Å². The van der Waals surface area contributed by atoms with E-state index in [1.807, 2.05) is 35.2 Å². The lowest BCUT2D eigenvalue weighted by Crippen LogP contribution is -2.38. The van der Waals surface area contributed by atoms with Gasteiger partial charge in [0.1, 0.15) is 0 Å². The fraction of sp³-hybridized carbons (Fsp3) is 0.312. The maximum Gasteiger partial charge on any atom is 0.321 e. The summed E-state index contributed by atoms with van der Waals surface area (Å²) in [5.74, 6) is 0. The van der Waals surface area contributed by atoms with Gasteiger partial charge in [0.2, 0.25) is 0 Å². The van der Waals surface area contributed by atoms with E-state index in [0.717, 1.165) is 46.9 Å². The van der Waals surface area contributed by atoms with Crippen LogP contribution < -0.4 is 5.32 Å². The molecule has 3 rings (SSSR count). The summed E-state index contributed by atoms with van der Waals surface area (Å²) in [6.07, 6.45) is 3.44. The molecular weight excluding hydrogens is 316 g/mol. The Morgan fingerprint density at radius 1 is 1.00 bits per heavy atom. The molecule has 1 saturated heterocycles. The monoisotopic (exact) mass is 332 g/mol. The van der Waals surface area contributed by atoms with Crippen LogP contribution in [0.1, 0.15) is 19.3 Å². The highest BCUT2D eigenvalue weighted by Crippen LogP contribution is 2.30. The number of urea groups is 1. The van der Waals surface area contributed by atoms with Crippen molar-refractivity contribution >= 4 is 38.4 Å². The smallest absolute Gasteiger partial charge is 0.321 e. The highest BCUT2D eigenvalue weighted by Gasteiger charge is 2.17. The van der Waals surface area contributed by atoms with E-state index in [4.69, 9.17) is 0 Å². The largest absolute Gasteiger partial charge is 0.325 e. The zero-order chi connectivity index (χ0) is 13.9. The number of rotatable bonds is 1. The number of carbonyl (C=O) groups excluding carboxylic acids is 1. The van der Waals surface area contributed by atoms with Gasteiger partial charge in [-0.2, -0.15) is 0 Å². The second-order valence-electron chi connectivity index (χ2n) is 5.12. The highest BCUT2D eigenvalue weighted by atomic mass is 79.9. The number of likely N-dealkylation sites (tertiary alicyclic amines) is 1. The molecule has 20 heavy (non-hydrogen) atoms. The van der Waals surface area contributed by atoms with Crippen LogP contribution in [0.25, 0.3) is 10.8 Å². The van der Waals surface area contributed by atoms with E-state index in [2.05, 4.69) is 27.3 Å². The molecule has 4 heteroatoms. The van der Waals surface area contributed by atoms with E-state index in [0.29, 0.717) is 0 Å². The van der Waals surface area contributed by atoms with Crippen molar-refractivity contribution < 1.29 is 4.79 Å². The number of hydrogen-bond acceptors (Lipinski definition) is 1. The standard InChI is InChI=1S/C16H17BrN2O/c17-14-8-9-15(13-7-3-2-6-12(13)14)18-16(20)19-10-4-1-5-11-19/h2-3,6-9H,1,4-5,10-11H2,(H,18,20). The summed E-state index contributed by atoms with van der Waals surface area (Å²) in [4.78, 5) is 14.2. The molecule has 0 saturated carbocycles. The second kappa shape index (κ2) is 5.83. The summed E-state index contributed by atoms with van der Waals surface area (Å²) in [5.41, 5.74) is 0.874. The first-order valence-electron chi connectivity index (χ1n) is 6.99. The minimum Gasteiger partial charge on any atom is -0.325 e. The van der Waals surface area contributed by atoms with Crippen molar-refractivity contribution in [1.29, 1.82) is 0 Å². The maximum atomic E-state index is 12.3. The fourth-order valence-electron chi connectivity index (χ4n) is 2.66. The second-order valence-corrected chi connectivity index (χ2v) is 5.97. The van der Waals surface area contributed by atoms with Crippen LogP contribution in [0.15, 0.2) is 40.9 Å². The van der Waals surface area contributed by atoms with Crippen molar-refractivity contribution in [2.24, 2.45) is 0 Å². The first kappa shape index (κ1) is 13.4. The molecule has 2 aromatic carbocycles. The third kappa shape index (κ3) is 2.66. The number of carbonyl (C=O) groups is 1. The predicted molar refractivity (Wildman–Crippen MR) is 86.1 cm³/mol. The lowest BCUT2D eigenvalue weighted by Gasteiger charge is -2.27. The van der Waals surface area contributed by atoms with Crippen LogP contribution in [0.4, 0.5) is 10.5 Å². The summed E-state index contributed by atoms with van der Waals surface area (Å²) in [6.45, 7) is 1.72. The van der Waals surface area contributed by atoms with Gasteiger partial charge in [0.15, 0.2) is 0 Å². The van der Waals surface area contributed by atoms with Gasteiger partial charge in [-0.15, -0.1) is 0 Å². The van der Waals surface area contributed by atoms with Crippen molar-refractivity contribution in [2.45, 2.75) is 19.3 Å². The lowest BCUT2D eigenvalue weighted by molar-refractivity contribution is 0.200. The molecular formula is C16H17BrN2O. The normalized spacial score (nSPS) is 15.3. The number of nitrogens with one attached hydrogen (secondary N) is 1. The van der Waals surface area contributed by atoms with Gasteiger partial charge in [0.05, 0.1) is 5.69 Å². The zero-order valence-corrected chi connectivity index (χ0v) is 12.8. The fourth-order valence-corrected chi connectivity index (χ4v) is 3.14. The average molecular weight is 333 g/mol. The van der Waals surface area contributed by atoms with E-state index < -0.39 is 0 Å². The number of fused-ring (bicyclic) bond motifs is 1. The van der Waals surface area contributed by atoms with E-state index in [9.17, 15) is 4.79 Å². The molecule has 0 aliphatic carbocycles. The molecule has 0 unspecified atom stereocenters. The molecule has 1 N–H and O–H groups in total. The van der Waals surface area contributed by atoms with Gasteiger partial charge in [-0.05, 0) is 36.8 Å². The minimum absolute atomic E-state index is 0.0113. The Labute approximate surface area is 127 Å². The molecule has 1 aliphatic heterocycles. The molecule has 104 valence electrons. The summed E-state index contributed by atoms with van der Waals surface area (Å²) >= 11 is 3.55. The van der Waals surface area contributed by atoms with E-state index in [1.54, 1.807) is 0 Å². The number of piperidine rings is 1. The molecule has 0 atom stereocenters. The van der Waals surface area contributed by atoms with Crippen LogP contribution in [0.3, 0.4) is 0 Å². The van der Waals surface area contributed by atoms with E-state index in [1.165, 1.54) is 6.42 Å². The van der Waals surface area contributed by atoms with Gasteiger partial charge in [-0.3, -0.25) is 0 Å². The summed E-state index contributed by atoms with van der Waals surface area (Å²) in [6, 6.07) is 12.0. The Kier molecular flexibility index (Phi) is 3.92. The average Bonchev–Trinajstić information content (AvgIpc) is 2.51. The first-order chi connectivity index (χ1) is 9.75. The Balaban J connectivity index is 1.87. The van der Waals surface area contributed by atoms with Crippen LogP contribution in [0, 0.1) is 0 Å². The van der Waals surface area contributed by atoms with Gasteiger partial charge < -0.3 is 10.2 Å². The quantitative estimate of drug-likeness (QED) is 0.811. The third-order valence-corrected chi connectivity index (χ3v) is 4.45. The Hall–Kier alpha value is -1.55. The van der Waals surface area contributed by atoms with Gasteiger partial charge in [-0.1, -0.05) is 40.2 Å². The highest BCUT2D eigenvalue weighted by molar-refractivity contribution is 9.10. The molecule has 1 aliphatic rings. The Morgan fingerprint density at radius 2 is 1.70 bits per heavy atom. The van der Waals surface area contributed by atoms with Gasteiger partial charge >= 0.3 is 6.03 Å². The van der Waals surface area contributed by atoms with Gasteiger partial charge in [-0.25, -0.2) is 4.79 Å². The van der Waals surface area contributed by atoms with Crippen LogP contribution in [0.2, 0.25) is 0 Å². The number of benzene rings is 2. The summed E-state index contributed by atoms with van der Waals surface area (Å²) < 4.78 is 1.05. The van der Waals surface area contributed by atoms with Gasteiger partial charge in [0.25, 0.3) is 0 Å². The number of hydrogen-bond donors (Lipinski definition) is 1. The van der Waals surface area contributed by atoms with E-state index in [-0.39, 0.29) is 6.03 Å².